The van der Waals surface area contributed by atoms with Crippen molar-refractivity contribution in [3.05, 3.63) is 47.4 Å². The van der Waals surface area contributed by atoms with Gasteiger partial charge < -0.3 is 14.1 Å². The number of benzene rings is 1. The van der Waals surface area contributed by atoms with E-state index in [4.69, 9.17) is 9.15 Å². The predicted molar refractivity (Wildman–Crippen MR) is 109 cm³/mol. The Morgan fingerprint density at radius 2 is 2.16 bits per heavy atom. The summed E-state index contributed by atoms with van der Waals surface area (Å²) >= 11 is 0. The molecule has 1 aromatic heterocycles. The lowest BCUT2D eigenvalue weighted by molar-refractivity contribution is -0.118. The van der Waals surface area contributed by atoms with E-state index >= 15 is 0 Å². The predicted octanol–water partition coefficient (Wildman–Crippen LogP) is 1.83. The lowest BCUT2D eigenvalue weighted by Gasteiger charge is -2.16. The molecular weight excluding hydrogens is 443 g/mol. The SMILES string of the molecule is C[C@@H](NS(=O)(=O)Cc1cnc(CN2CC(=O)NC2=O)o1)c1ccc(F)c(OCC2CC2)c1. The molecule has 10 nitrogen and oxygen atoms in total. The van der Waals surface area contributed by atoms with E-state index < -0.39 is 39.6 Å². The quantitative estimate of drug-likeness (QED) is 0.511. The van der Waals surface area contributed by atoms with E-state index in [2.05, 4.69) is 15.0 Å². The van der Waals surface area contributed by atoms with Crippen molar-refractivity contribution in [1.82, 2.24) is 19.9 Å². The molecule has 2 heterocycles. The second-order valence-electron chi connectivity index (χ2n) is 7.97. The van der Waals surface area contributed by atoms with Crippen LogP contribution in [0.15, 0.2) is 28.8 Å². The molecule has 1 aliphatic heterocycles. The van der Waals surface area contributed by atoms with Crippen LogP contribution in [0.2, 0.25) is 0 Å². The van der Waals surface area contributed by atoms with Crippen molar-refractivity contribution in [3.8, 4) is 5.75 Å². The van der Waals surface area contributed by atoms with Crippen molar-refractivity contribution < 1.29 is 31.6 Å². The van der Waals surface area contributed by atoms with Crippen molar-refractivity contribution in [2.75, 3.05) is 13.2 Å². The van der Waals surface area contributed by atoms with Crippen LogP contribution < -0.4 is 14.8 Å². The number of oxazole rings is 1. The lowest BCUT2D eigenvalue weighted by Crippen LogP contribution is -2.28. The molecule has 2 fully saturated rings. The Bertz CT molecular complexity index is 1130. The van der Waals surface area contributed by atoms with Gasteiger partial charge in [0.2, 0.25) is 21.8 Å². The second-order valence-corrected chi connectivity index (χ2v) is 9.73. The first-order chi connectivity index (χ1) is 15.2. The molecule has 1 saturated heterocycles. The Labute approximate surface area is 184 Å². The zero-order valence-electron chi connectivity index (χ0n) is 17.3. The van der Waals surface area contributed by atoms with Gasteiger partial charge in [-0.25, -0.2) is 27.3 Å². The number of nitrogens with one attached hydrogen (secondary N) is 2. The molecule has 0 radical (unpaired) electrons. The van der Waals surface area contributed by atoms with Crippen LogP contribution in [0.25, 0.3) is 0 Å². The molecule has 2 aliphatic rings. The van der Waals surface area contributed by atoms with Gasteiger partial charge in [-0.3, -0.25) is 10.1 Å². The molecular formula is C20H23FN4O6S. The summed E-state index contributed by atoms with van der Waals surface area (Å²) in [5.41, 5.74) is 0.559. The first-order valence-corrected chi connectivity index (χ1v) is 11.8. The summed E-state index contributed by atoms with van der Waals surface area (Å²) < 4.78 is 52.6. The van der Waals surface area contributed by atoms with E-state index in [1.165, 1.54) is 29.3 Å². The number of nitrogens with zero attached hydrogens (tertiary/aromatic N) is 2. The maximum atomic E-state index is 14.0. The van der Waals surface area contributed by atoms with Gasteiger partial charge in [0.1, 0.15) is 18.1 Å². The molecule has 1 aromatic carbocycles. The minimum atomic E-state index is -3.82. The monoisotopic (exact) mass is 466 g/mol. The average Bonchev–Trinajstić information content (AvgIpc) is 3.36. The van der Waals surface area contributed by atoms with Crippen LogP contribution in [0.1, 0.15) is 43.0 Å². The van der Waals surface area contributed by atoms with Gasteiger partial charge in [0.05, 0.1) is 19.3 Å². The Morgan fingerprint density at radius 3 is 2.84 bits per heavy atom. The first kappa shape index (κ1) is 22.2. The fourth-order valence-electron chi connectivity index (χ4n) is 3.22. The smallest absolute Gasteiger partial charge is 0.325 e. The van der Waals surface area contributed by atoms with E-state index in [-0.39, 0.29) is 30.5 Å². The van der Waals surface area contributed by atoms with Crippen LogP contribution in [0.5, 0.6) is 5.75 Å². The highest BCUT2D eigenvalue weighted by Crippen LogP contribution is 2.31. The number of sulfonamides is 1. The number of amides is 3. The van der Waals surface area contributed by atoms with Crippen LogP contribution >= 0.6 is 0 Å². The number of carbonyl (C=O) groups excluding carboxylic acids is 2. The number of ether oxygens (including phenoxy) is 1. The Morgan fingerprint density at radius 1 is 1.38 bits per heavy atom. The van der Waals surface area contributed by atoms with Crippen molar-refractivity contribution >= 4 is 22.0 Å². The average molecular weight is 466 g/mol. The first-order valence-electron chi connectivity index (χ1n) is 10.1. The van der Waals surface area contributed by atoms with E-state index in [1.807, 2.05) is 0 Å². The van der Waals surface area contributed by atoms with E-state index in [0.29, 0.717) is 18.1 Å². The van der Waals surface area contributed by atoms with Gasteiger partial charge in [-0.15, -0.1) is 0 Å². The van der Waals surface area contributed by atoms with Crippen LogP contribution in [0, 0.1) is 11.7 Å². The fraction of sp³-hybridized carbons (Fsp3) is 0.450. The van der Waals surface area contributed by atoms with Gasteiger partial charge in [0.15, 0.2) is 11.6 Å². The molecule has 12 heteroatoms. The van der Waals surface area contributed by atoms with E-state index in [0.717, 1.165) is 12.8 Å². The molecule has 4 rings (SSSR count). The molecule has 1 aliphatic carbocycles. The number of carbonyl (C=O) groups is 2. The summed E-state index contributed by atoms with van der Waals surface area (Å²) in [6.45, 7) is 1.92. The standard InChI is InChI=1S/C20H23FN4O6S/c1-12(14-4-5-16(21)17(6-14)30-10-13-2-3-13)24-32(28,29)11-15-7-22-19(31-15)9-25-8-18(26)23-20(25)27/h4-7,12-13,24H,2-3,8-11H2,1H3,(H,23,26,27)/t12-/m1/s1. The summed E-state index contributed by atoms with van der Waals surface area (Å²) in [6, 6.07) is 3.06. The van der Waals surface area contributed by atoms with Gasteiger partial charge in [0.25, 0.3) is 0 Å². The Kier molecular flexibility index (Phi) is 6.15. The molecule has 2 aromatic rings. The third-order valence-electron chi connectivity index (χ3n) is 5.11. The molecule has 172 valence electrons. The number of imide groups is 1. The highest BCUT2D eigenvalue weighted by Gasteiger charge is 2.28. The van der Waals surface area contributed by atoms with Crippen LogP contribution in [0.4, 0.5) is 9.18 Å². The highest BCUT2D eigenvalue weighted by atomic mass is 32.2. The number of halogens is 1. The van der Waals surface area contributed by atoms with Gasteiger partial charge in [-0.2, -0.15) is 0 Å². The van der Waals surface area contributed by atoms with E-state index in [1.54, 1.807) is 6.92 Å². The summed E-state index contributed by atoms with van der Waals surface area (Å²) in [6.07, 6.45) is 3.41. The Balaban J connectivity index is 1.36. The molecule has 0 unspecified atom stereocenters. The van der Waals surface area contributed by atoms with Gasteiger partial charge >= 0.3 is 6.03 Å². The number of urea groups is 1. The van der Waals surface area contributed by atoms with Crippen LogP contribution in [-0.4, -0.2) is 43.4 Å². The zero-order valence-corrected chi connectivity index (χ0v) is 18.2. The number of hydrogen-bond donors (Lipinski definition) is 2. The highest BCUT2D eigenvalue weighted by molar-refractivity contribution is 7.88. The number of hydrogen-bond acceptors (Lipinski definition) is 7. The molecule has 1 atom stereocenters. The van der Waals surface area contributed by atoms with E-state index in [9.17, 15) is 22.4 Å². The van der Waals surface area contributed by atoms with Crippen molar-refractivity contribution in [2.45, 2.75) is 38.1 Å². The number of aromatic nitrogens is 1. The molecule has 32 heavy (non-hydrogen) atoms. The van der Waals surface area contributed by atoms with Gasteiger partial charge in [-0.1, -0.05) is 6.07 Å². The van der Waals surface area contributed by atoms with Crippen molar-refractivity contribution in [2.24, 2.45) is 5.92 Å². The Hall–Kier alpha value is -2.99. The molecule has 1 saturated carbocycles. The van der Waals surface area contributed by atoms with Crippen molar-refractivity contribution in [3.63, 3.8) is 0 Å². The summed E-state index contributed by atoms with van der Waals surface area (Å²) in [5.74, 6) is -0.633. The largest absolute Gasteiger partial charge is 0.490 e. The topological polar surface area (TPSA) is 131 Å². The van der Waals surface area contributed by atoms with Crippen LogP contribution in [0.3, 0.4) is 0 Å². The molecule has 0 spiro atoms. The summed E-state index contributed by atoms with van der Waals surface area (Å²) in [5, 5.41) is 2.13. The second kappa shape index (κ2) is 8.87. The maximum Gasteiger partial charge on any atom is 0.325 e. The maximum absolute atomic E-state index is 14.0. The molecule has 0 bridgehead atoms. The lowest BCUT2D eigenvalue weighted by atomic mass is 10.1. The minimum absolute atomic E-state index is 0.0549. The minimum Gasteiger partial charge on any atom is -0.490 e. The van der Waals surface area contributed by atoms with Gasteiger partial charge in [0, 0.05) is 6.04 Å². The normalized spacial score (nSPS) is 17.5. The summed E-state index contributed by atoms with van der Waals surface area (Å²) in [4.78, 5) is 28.0. The third-order valence-corrected chi connectivity index (χ3v) is 6.49. The van der Waals surface area contributed by atoms with Gasteiger partial charge in [-0.05, 0) is 43.4 Å². The third kappa shape index (κ3) is 5.62. The van der Waals surface area contributed by atoms with Crippen LogP contribution in [-0.2, 0) is 27.1 Å². The number of rotatable bonds is 10. The fourth-order valence-corrected chi connectivity index (χ4v) is 4.49. The molecule has 2 N–H and O–H groups in total. The zero-order chi connectivity index (χ0) is 22.9. The molecule has 3 amide bonds. The van der Waals surface area contributed by atoms with Crippen molar-refractivity contribution in [1.29, 1.82) is 0 Å². The summed E-state index contributed by atoms with van der Waals surface area (Å²) in [7, 11) is -3.82.